The fourth-order valence-electron chi connectivity index (χ4n) is 6.74. The largest absolute Gasteiger partial charge is 0.472 e. The maximum absolute atomic E-state index is 12.7. The summed E-state index contributed by atoms with van der Waals surface area (Å²) in [4.78, 5) is 35.4. The molecule has 2 atom stereocenters. The number of unbranched alkanes of at least 4 members (excludes halogenated alkanes) is 25. The minimum atomic E-state index is -4.39. The van der Waals surface area contributed by atoms with Crippen LogP contribution >= 0.6 is 7.82 Å². The van der Waals surface area contributed by atoms with Gasteiger partial charge < -0.3 is 18.9 Å². The van der Waals surface area contributed by atoms with Crippen LogP contribution < -0.4 is 0 Å². The normalized spacial score (nSPS) is 13.8. The number of hydrogen-bond donors (Lipinski definition) is 1. The molecule has 0 saturated carbocycles. The fourth-order valence-corrected chi connectivity index (χ4v) is 7.48. The van der Waals surface area contributed by atoms with Crippen molar-refractivity contribution in [3.05, 3.63) is 36.5 Å². The lowest BCUT2D eigenvalue weighted by Crippen LogP contribution is -2.37. The van der Waals surface area contributed by atoms with E-state index in [2.05, 4.69) is 50.3 Å². The Kier molecular flexibility index (Phi) is 41.3. The van der Waals surface area contributed by atoms with Gasteiger partial charge in [-0.15, -0.1) is 0 Å². The van der Waals surface area contributed by atoms with E-state index in [4.69, 9.17) is 18.5 Å². The zero-order valence-electron chi connectivity index (χ0n) is 39.7. The second-order valence-electron chi connectivity index (χ2n) is 17.8. The van der Waals surface area contributed by atoms with Gasteiger partial charge in [-0.2, -0.15) is 0 Å². The Morgan fingerprint density at radius 2 is 0.883 bits per heavy atom. The molecular weight excluding hydrogens is 774 g/mol. The summed E-state index contributed by atoms with van der Waals surface area (Å²) in [5.74, 6) is -0.862. The third-order valence-corrected chi connectivity index (χ3v) is 11.6. The summed E-state index contributed by atoms with van der Waals surface area (Å²) in [5.41, 5.74) is 0. The van der Waals surface area contributed by atoms with Crippen molar-refractivity contribution in [2.24, 2.45) is 0 Å². The van der Waals surface area contributed by atoms with Crippen molar-refractivity contribution >= 4 is 19.8 Å². The first kappa shape index (κ1) is 58.2. The second-order valence-corrected chi connectivity index (χ2v) is 19.3. The summed E-state index contributed by atoms with van der Waals surface area (Å²) >= 11 is 0. The third-order valence-electron chi connectivity index (χ3n) is 10.6. The highest BCUT2D eigenvalue weighted by Gasteiger charge is 2.27. The highest BCUT2D eigenvalue weighted by molar-refractivity contribution is 7.47. The number of ether oxygens (including phenoxy) is 2. The topological polar surface area (TPSA) is 108 Å². The van der Waals surface area contributed by atoms with Crippen LogP contribution in [0.2, 0.25) is 0 Å². The van der Waals surface area contributed by atoms with Gasteiger partial charge in [0.25, 0.3) is 0 Å². The van der Waals surface area contributed by atoms with E-state index in [1.165, 1.54) is 128 Å². The standard InChI is InChI=1S/C50H94NO8P/c1-6-8-10-12-14-16-18-20-21-22-23-24-25-26-27-28-29-31-33-35-37-39-41-43-50(53)59-48(47-58-60(54,55)57-45-44-51(3,4)5)46-56-49(52)42-40-38-36-34-32-30-19-17-15-13-11-9-7-2/h28-30,32,35,37,48H,6-27,31,33-34,36,38-47H2,1-5H3/p+1/b29-28+,32-30+,37-35+/t48-/m1/s1. The van der Waals surface area contributed by atoms with Crippen molar-refractivity contribution in [3.63, 3.8) is 0 Å². The fraction of sp³-hybridized carbons (Fsp3) is 0.840. The zero-order chi connectivity index (χ0) is 44.3. The van der Waals surface area contributed by atoms with Crippen LogP contribution in [0.3, 0.4) is 0 Å². The molecule has 0 aromatic carbocycles. The number of esters is 2. The van der Waals surface area contributed by atoms with Gasteiger partial charge >= 0.3 is 19.8 Å². The number of phosphoric acid groups is 1. The first-order valence-electron chi connectivity index (χ1n) is 24.7. The second kappa shape index (κ2) is 42.5. The molecule has 0 fully saturated rings. The molecule has 0 aromatic rings. The number of rotatable bonds is 45. The van der Waals surface area contributed by atoms with Gasteiger partial charge in [-0.05, 0) is 70.6 Å². The predicted molar refractivity (Wildman–Crippen MR) is 252 cm³/mol. The highest BCUT2D eigenvalue weighted by Crippen LogP contribution is 2.43. The number of likely N-dealkylation sites (N-methyl/N-ethyl adjacent to an activating group) is 1. The summed E-state index contributed by atoms with van der Waals surface area (Å²) in [5, 5.41) is 0. The number of hydrogen-bond acceptors (Lipinski definition) is 7. The lowest BCUT2D eigenvalue weighted by Gasteiger charge is -2.24. The molecule has 0 radical (unpaired) electrons. The molecule has 0 rings (SSSR count). The molecule has 1 unspecified atom stereocenters. The summed E-state index contributed by atoms with van der Waals surface area (Å²) in [6.07, 6.45) is 49.3. The molecule has 1 N–H and O–H groups in total. The molecule has 0 aromatic heterocycles. The predicted octanol–water partition coefficient (Wildman–Crippen LogP) is 14.5. The van der Waals surface area contributed by atoms with Crippen molar-refractivity contribution in [3.8, 4) is 0 Å². The molecule has 10 heteroatoms. The maximum atomic E-state index is 12.7. The number of carbonyl (C=O) groups is 2. The van der Waals surface area contributed by atoms with Gasteiger partial charge in [-0.1, -0.05) is 172 Å². The van der Waals surface area contributed by atoms with Gasteiger partial charge in [-0.3, -0.25) is 18.6 Å². The Labute approximate surface area is 370 Å². The Morgan fingerprint density at radius 1 is 0.500 bits per heavy atom. The van der Waals surface area contributed by atoms with Crippen molar-refractivity contribution in [2.45, 2.75) is 225 Å². The van der Waals surface area contributed by atoms with Gasteiger partial charge in [0.2, 0.25) is 0 Å². The molecular formula is C50H95NO8P+. The SMILES string of the molecule is CCCCCCCC/C=C/CCCCCC(=O)OC[C@H](COP(=O)(O)OCC[N+](C)(C)C)OC(=O)CCC/C=C/CC/C=C/CCCCCCCCCCCCCCCC. The van der Waals surface area contributed by atoms with Crippen molar-refractivity contribution in [2.75, 3.05) is 47.5 Å². The quantitative estimate of drug-likeness (QED) is 0.0212. The van der Waals surface area contributed by atoms with E-state index in [-0.39, 0.29) is 26.1 Å². The Hall–Kier alpha value is -1.77. The van der Waals surface area contributed by atoms with E-state index in [9.17, 15) is 19.0 Å². The molecule has 0 spiro atoms. The molecule has 352 valence electrons. The first-order valence-corrected chi connectivity index (χ1v) is 26.2. The molecule has 0 heterocycles. The van der Waals surface area contributed by atoms with E-state index in [0.717, 1.165) is 51.4 Å². The van der Waals surface area contributed by atoms with Gasteiger partial charge in [-0.25, -0.2) is 4.57 Å². The molecule has 60 heavy (non-hydrogen) atoms. The minimum absolute atomic E-state index is 0.0228. The maximum Gasteiger partial charge on any atom is 0.472 e. The van der Waals surface area contributed by atoms with Gasteiger partial charge in [0.15, 0.2) is 6.10 Å². The van der Waals surface area contributed by atoms with E-state index in [1.807, 2.05) is 21.1 Å². The number of nitrogens with zero attached hydrogens (tertiary/aromatic N) is 1. The molecule has 0 aliphatic rings. The number of carbonyl (C=O) groups excluding carboxylic acids is 2. The van der Waals surface area contributed by atoms with E-state index in [1.54, 1.807) is 0 Å². The van der Waals surface area contributed by atoms with E-state index >= 15 is 0 Å². The average molecular weight is 869 g/mol. The van der Waals surface area contributed by atoms with E-state index in [0.29, 0.717) is 23.9 Å². The van der Waals surface area contributed by atoms with Crippen molar-refractivity contribution in [1.82, 2.24) is 0 Å². The van der Waals surface area contributed by atoms with Crippen LogP contribution in [0.25, 0.3) is 0 Å². The van der Waals surface area contributed by atoms with Crippen molar-refractivity contribution < 1.29 is 42.1 Å². The Bertz CT molecular complexity index is 1120. The lowest BCUT2D eigenvalue weighted by molar-refractivity contribution is -0.870. The smallest absolute Gasteiger partial charge is 0.462 e. The molecule has 0 aliphatic carbocycles. The van der Waals surface area contributed by atoms with Crippen LogP contribution in [0.1, 0.15) is 219 Å². The number of allylic oxidation sites excluding steroid dienone is 6. The summed E-state index contributed by atoms with van der Waals surface area (Å²) in [6, 6.07) is 0. The van der Waals surface area contributed by atoms with Crippen LogP contribution in [0.5, 0.6) is 0 Å². The van der Waals surface area contributed by atoms with Crippen LogP contribution in [-0.4, -0.2) is 74.9 Å². The summed E-state index contributed by atoms with van der Waals surface area (Å²) in [7, 11) is 1.45. The minimum Gasteiger partial charge on any atom is -0.462 e. The van der Waals surface area contributed by atoms with E-state index < -0.39 is 32.5 Å². The average Bonchev–Trinajstić information content (AvgIpc) is 3.20. The molecule has 0 amide bonds. The monoisotopic (exact) mass is 869 g/mol. The van der Waals surface area contributed by atoms with Gasteiger partial charge in [0.1, 0.15) is 19.8 Å². The van der Waals surface area contributed by atoms with Crippen LogP contribution in [0.4, 0.5) is 0 Å². The Balaban J connectivity index is 4.30. The molecule has 9 nitrogen and oxygen atoms in total. The van der Waals surface area contributed by atoms with Crippen LogP contribution in [0.15, 0.2) is 36.5 Å². The summed E-state index contributed by atoms with van der Waals surface area (Å²) < 4.78 is 34.3. The molecule has 0 bridgehead atoms. The van der Waals surface area contributed by atoms with Crippen LogP contribution in [0, 0.1) is 0 Å². The van der Waals surface area contributed by atoms with Gasteiger partial charge in [0.05, 0.1) is 27.7 Å². The highest BCUT2D eigenvalue weighted by atomic mass is 31.2. The van der Waals surface area contributed by atoms with Gasteiger partial charge in [0, 0.05) is 12.8 Å². The molecule has 0 saturated heterocycles. The lowest BCUT2D eigenvalue weighted by atomic mass is 10.0. The number of phosphoric ester groups is 1. The zero-order valence-corrected chi connectivity index (χ0v) is 40.6. The summed E-state index contributed by atoms with van der Waals surface area (Å²) in [6.45, 7) is 4.37. The molecule has 0 aliphatic heterocycles. The third kappa shape index (κ3) is 45.7. The Morgan fingerprint density at radius 3 is 1.33 bits per heavy atom. The van der Waals surface area contributed by atoms with Crippen LogP contribution in [-0.2, 0) is 32.7 Å². The van der Waals surface area contributed by atoms with Crippen molar-refractivity contribution in [1.29, 1.82) is 0 Å². The first-order chi connectivity index (χ1) is 29.0. The number of quaternary nitrogens is 1.